The Morgan fingerprint density at radius 2 is 1.85 bits per heavy atom. The lowest BCUT2D eigenvalue weighted by atomic mass is 10.3. The van der Waals surface area contributed by atoms with Crippen molar-refractivity contribution in [1.82, 2.24) is 9.62 Å². The summed E-state index contributed by atoms with van der Waals surface area (Å²) in [6.45, 7) is 3.59. The molecule has 0 saturated carbocycles. The maximum Gasteiger partial charge on any atom is 0.250 e. The van der Waals surface area contributed by atoms with E-state index in [1.165, 1.54) is 18.5 Å². The van der Waals surface area contributed by atoms with Gasteiger partial charge in [-0.1, -0.05) is 6.07 Å². The van der Waals surface area contributed by atoms with Gasteiger partial charge in [0.25, 0.3) is 10.0 Å². The quantitative estimate of drug-likeness (QED) is 0.886. The first kappa shape index (κ1) is 15.1. The standard InChI is InChI=1S/C13H20N2O4S/c1-10-9-14-7-8-15(10)20(16,17)13-11(18-2)5-4-6-12(13)19-3/h4-6,10,14H,7-9H2,1-3H3. The van der Waals surface area contributed by atoms with Crippen molar-refractivity contribution in [2.45, 2.75) is 17.9 Å². The Morgan fingerprint density at radius 1 is 1.25 bits per heavy atom. The monoisotopic (exact) mass is 300 g/mol. The third kappa shape index (κ3) is 2.61. The second-order valence-electron chi connectivity index (χ2n) is 4.66. The second kappa shape index (κ2) is 5.99. The van der Waals surface area contributed by atoms with Crippen LogP contribution in [0.1, 0.15) is 6.92 Å². The van der Waals surface area contributed by atoms with Crippen LogP contribution >= 0.6 is 0 Å². The molecule has 20 heavy (non-hydrogen) atoms. The number of sulfonamides is 1. The van der Waals surface area contributed by atoms with Gasteiger partial charge in [-0.2, -0.15) is 4.31 Å². The fourth-order valence-corrected chi connectivity index (χ4v) is 4.29. The highest BCUT2D eigenvalue weighted by Crippen LogP contribution is 2.35. The van der Waals surface area contributed by atoms with Gasteiger partial charge in [-0.25, -0.2) is 8.42 Å². The van der Waals surface area contributed by atoms with Crippen LogP contribution in [0.15, 0.2) is 23.1 Å². The third-order valence-electron chi connectivity index (χ3n) is 3.39. The molecule has 1 unspecified atom stereocenters. The van der Waals surface area contributed by atoms with Gasteiger partial charge >= 0.3 is 0 Å². The summed E-state index contributed by atoms with van der Waals surface area (Å²) >= 11 is 0. The fraction of sp³-hybridized carbons (Fsp3) is 0.538. The topological polar surface area (TPSA) is 67.9 Å². The molecule has 0 amide bonds. The van der Waals surface area contributed by atoms with Gasteiger partial charge in [0.2, 0.25) is 0 Å². The molecule has 1 aromatic rings. The molecule has 0 bridgehead atoms. The Hall–Kier alpha value is -1.31. The molecule has 0 radical (unpaired) electrons. The number of benzene rings is 1. The predicted molar refractivity (Wildman–Crippen MR) is 75.8 cm³/mol. The molecular weight excluding hydrogens is 280 g/mol. The third-order valence-corrected chi connectivity index (χ3v) is 5.47. The van der Waals surface area contributed by atoms with Crippen molar-refractivity contribution in [3.63, 3.8) is 0 Å². The van der Waals surface area contributed by atoms with E-state index in [1.54, 1.807) is 18.2 Å². The van der Waals surface area contributed by atoms with E-state index in [0.717, 1.165) is 0 Å². The van der Waals surface area contributed by atoms with Gasteiger partial charge < -0.3 is 14.8 Å². The van der Waals surface area contributed by atoms with E-state index in [-0.39, 0.29) is 10.9 Å². The molecule has 2 rings (SSSR count). The molecule has 7 heteroatoms. The Balaban J connectivity index is 2.53. The Morgan fingerprint density at radius 3 is 2.35 bits per heavy atom. The number of methoxy groups -OCH3 is 2. The van der Waals surface area contributed by atoms with Crippen molar-refractivity contribution >= 4 is 10.0 Å². The Bertz CT molecular complexity index is 551. The SMILES string of the molecule is COc1cccc(OC)c1S(=O)(=O)N1CCNCC1C. The molecule has 6 nitrogen and oxygen atoms in total. The van der Waals surface area contributed by atoms with E-state index in [4.69, 9.17) is 9.47 Å². The molecule has 1 aliphatic rings. The molecule has 1 saturated heterocycles. The molecule has 1 heterocycles. The molecule has 1 aromatic carbocycles. The van der Waals surface area contributed by atoms with Crippen LogP contribution in [0, 0.1) is 0 Å². The van der Waals surface area contributed by atoms with Crippen LogP contribution in [0.25, 0.3) is 0 Å². The van der Waals surface area contributed by atoms with Crippen molar-refractivity contribution < 1.29 is 17.9 Å². The molecule has 1 atom stereocenters. The van der Waals surface area contributed by atoms with Gasteiger partial charge in [0.05, 0.1) is 14.2 Å². The van der Waals surface area contributed by atoms with E-state index in [9.17, 15) is 8.42 Å². The largest absolute Gasteiger partial charge is 0.495 e. The highest BCUT2D eigenvalue weighted by Gasteiger charge is 2.35. The number of hydrogen-bond donors (Lipinski definition) is 1. The second-order valence-corrected chi connectivity index (χ2v) is 6.49. The first-order chi connectivity index (χ1) is 9.52. The van der Waals surface area contributed by atoms with Crippen LogP contribution in [0.5, 0.6) is 11.5 Å². The molecule has 0 aliphatic carbocycles. The minimum absolute atomic E-state index is 0.0961. The minimum Gasteiger partial charge on any atom is -0.495 e. The zero-order chi connectivity index (χ0) is 14.8. The fourth-order valence-electron chi connectivity index (χ4n) is 2.37. The zero-order valence-corrected chi connectivity index (χ0v) is 12.7. The van der Waals surface area contributed by atoms with Gasteiger partial charge in [0.15, 0.2) is 4.90 Å². The first-order valence-electron chi connectivity index (χ1n) is 6.46. The van der Waals surface area contributed by atoms with Gasteiger partial charge in [0, 0.05) is 25.7 Å². The summed E-state index contributed by atoms with van der Waals surface area (Å²) in [4.78, 5) is 0.0961. The zero-order valence-electron chi connectivity index (χ0n) is 11.9. The van der Waals surface area contributed by atoms with E-state index in [0.29, 0.717) is 31.1 Å². The summed E-state index contributed by atoms with van der Waals surface area (Å²) in [5, 5.41) is 3.18. The van der Waals surface area contributed by atoms with Crippen molar-refractivity contribution in [2.75, 3.05) is 33.9 Å². The summed E-state index contributed by atoms with van der Waals surface area (Å²) in [5.41, 5.74) is 0. The maximum atomic E-state index is 12.9. The Labute approximate surface area is 119 Å². The number of rotatable bonds is 4. The average Bonchev–Trinajstić information content (AvgIpc) is 2.46. The van der Waals surface area contributed by atoms with Crippen LogP contribution in [0.4, 0.5) is 0 Å². The summed E-state index contributed by atoms with van der Waals surface area (Å²) in [7, 11) is -0.747. The lowest BCUT2D eigenvalue weighted by Gasteiger charge is -2.33. The molecule has 112 valence electrons. The van der Waals surface area contributed by atoms with Crippen LogP contribution in [-0.2, 0) is 10.0 Å². The van der Waals surface area contributed by atoms with Crippen molar-refractivity contribution in [2.24, 2.45) is 0 Å². The van der Waals surface area contributed by atoms with Crippen molar-refractivity contribution in [1.29, 1.82) is 0 Å². The van der Waals surface area contributed by atoms with E-state index in [2.05, 4.69) is 5.32 Å². The van der Waals surface area contributed by atoms with E-state index < -0.39 is 10.0 Å². The van der Waals surface area contributed by atoms with E-state index in [1.807, 2.05) is 6.92 Å². The van der Waals surface area contributed by atoms with Crippen LogP contribution < -0.4 is 14.8 Å². The molecule has 1 aliphatic heterocycles. The van der Waals surface area contributed by atoms with Crippen molar-refractivity contribution in [3.05, 3.63) is 18.2 Å². The van der Waals surface area contributed by atoms with Gasteiger partial charge in [-0.05, 0) is 19.1 Å². The lowest BCUT2D eigenvalue weighted by molar-refractivity contribution is 0.280. The number of piperazine rings is 1. The van der Waals surface area contributed by atoms with E-state index >= 15 is 0 Å². The summed E-state index contributed by atoms with van der Waals surface area (Å²) in [5.74, 6) is 0.602. The van der Waals surface area contributed by atoms with Crippen molar-refractivity contribution in [3.8, 4) is 11.5 Å². The molecule has 1 fully saturated rings. The summed E-state index contributed by atoms with van der Waals surface area (Å²) in [6, 6.07) is 4.85. The van der Waals surface area contributed by atoms with Gasteiger partial charge in [-0.3, -0.25) is 0 Å². The van der Waals surface area contributed by atoms with Gasteiger partial charge in [-0.15, -0.1) is 0 Å². The summed E-state index contributed by atoms with van der Waals surface area (Å²) < 4.78 is 37.7. The molecule has 0 aromatic heterocycles. The first-order valence-corrected chi connectivity index (χ1v) is 7.90. The highest BCUT2D eigenvalue weighted by molar-refractivity contribution is 7.89. The normalized spacial score (nSPS) is 20.6. The van der Waals surface area contributed by atoms with Crippen LogP contribution in [-0.4, -0.2) is 52.6 Å². The smallest absolute Gasteiger partial charge is 0.250 e. The lowest BCUT2D eigenvalue weighted by Crippen LogP contribution is -2.52. The number of ether oxygens (including phenoxy) is 2. The number of nitrogens with zero attached hydrogens (tertiary/aromatic N) is 1. The molecule has 1 N–H and O–H groups in total. The molecule has 0 spiro atoms. The van der Waals surface area contributed by atoms with Gasteiger partial charge in [0.1, 0.15) is 11.5 Å². The summed E-state index contributed by atoms with van der Waals surface area (Å²) in [6.07, 6.45) is 0. The van der Waals surface area contributed by atoms with Crippen LogP contribution in [0.3, 0.4) is 0 Å². The average molecular weight is 300 g/mol. The highest BCUT2D eigenvalue weighted by atomic mass is 32.2. The Kier molecular flexibility index (Phi) is 4.52. The predicted octanol–water partition coefficient (Wildman–Crippen LogP) is 0.686. The molecular formula is C13H20N2O4S. The minimum atomic E-state index is -3.65. The maximum absolute atomic E-state index is 12.9. The number of nitrogens with one attached hydrogen (secondary N) is 1. The number of hydrogen-bond acceptors (Lipinski definition) is 5. The van der Waals surface area contributed by atoms with Crippen LogP contribution in [0.2, 0.25) is 0 Å².